The van der Waals surface area contributed by atoms with E-state index in [0.717, 1.165) is 6.08 Å². The van der Waals surface area contributed by atoms with Crippen molar-refractivity contribution < 1.29 is 33.8 Å². The number of aliphatic hydroxyl groups is 1. The minimum Gasteiger partial charge on any atom is -0.511 e. The van der Waals surface area contributed by atoms with Gasteiger partial charge in [-0.15, -0.1) is 0 Å². The summed E-state index contributed by atoms with van der Waals surface area (Å²) in [7, 11) is -1.40. The third-order valence-electron chi connectivity index (χ3n) is 4.14. The Morgan fingerprint density at radius 2 is 1.71 bits per heavy atom. The Morgan fingerprint density at radius 1 is 1.18 bits per heavy atom. The summed E-state index contributed by atoms with van der Waals surface area (Å²) in [6.45, 7) is 13.7. The molecule has 0 amide bonds. The maximum absolute atomic E-state index is 11.4. The first-order chi connectivity index (χ1) is 12.8. The van der Waals surface area contributed by atoms with E-state index in [4.69, 9.17) is 9.47 Å². The lowest BCUT2D eigenvalue weighted by atomic mass is 9.83. The summed E-state index contributed by atoms with van der Waals surface area (Å²) >= 11 is 0. The van der Waals surface area contributed by atoms with E-state index >= 15 is 0 Å². The summed E-state index contributed by atoms with van der Waals surface area (Å²) in [6, 6.07) is 0.682. The molecule has 28 heavy (non-hydrogen) atoms. The fourth-order valence-electron chi connectivity index (χ4n) is 2.87. The molecular weight excluding hydrogens is 380 g/mol. The van der Waals surface area contributed by atoms with E-state index in [0.29, 0.717) is 12.7 Å². The second-order valence-electron chi connectivity index (χ2n) is 8.13. The van der Waals surface area contributed by atoms with Gasteiger partial charge in [-0.2, -0.15) is 0 Å². The van der Waals surface area contributed by atoms with Crippen molar-refractivity contribution in [3.8, 4) is 0 Å². The predicted octanol–water partition coefficient (Wildman–Crippen LogP) is 3.31. The molecule has 0 aromatic carbocycles. The lowest BCUT2D eigenvalue weighted by molar-refractivity contribution is -0.151. The van der Waals surface area contributed by atoms with Crippen molar-refractivity contribution in [2.75, 3.05) is 13.2 Å². The van der Waals surface area contributed by atoms with Crippen LogP contribution in [0.4, 0.5) is 0 Å². The van der Waals surface area contributed by atoms with Gasteiger partial charge in [0.15, 0.2) is 5.78 Å². The first-order valence-electron chi connectivity index (χ1n) is 9.61. The van der Waals surface area contributed by atoms with Gasteiger partial charge < -0.3 is 14.6 Å². The van der Waals surface area contributed by atoms with Crippen LogP contribution in [-0.4, -0.2) is 49.9 Å². The number of rotatable bonds is 7. The molecule has 0 spiro atoms. The molecule has 8 heteroatoms. The normalized spacial score (nSPS) is 20.2. The Bertz CT molecular complexity index is 604. The number of hydrogen-bond acceptors (Lipinski definition) is 7. The van der Waals surface area contributed by atoms with Gasteiger partial charge in [-0.25, -0.2) is 0 Å². The largest absolute Gasteiger partial charge is 0.511 e. The van der Waals surface area contributed by atoms with Gasteiger partial charge in [0.2, 0.25) is 0 Å². The highest BCUT2D eigenvalue weighted by atomic mass is 28.3. The molecule has 3 unspecified atom stereocenters. The molecule has 0 saturated carbocycles. The minimum absolute atomic E-state index is 0.0779. The molecule has 0 aromatic rings. The van der Waals surface area contributed by atoms with Crippen molar-refractivity contribution in [2.24, 2.45) is 17.8 Å². The van der Waals surface area contributed by atoms with E-state index in [-0.39, 0.29) is 42.2 Å². The van der Waals surface area contributed by atoms with Crippen molar-refractivity contribution in [3.63, 3.8) is 0 Å². The Hall–Kier alpha value is -1.96. The molecule has 3 atom stereocenters. The quantitative estimate of drug-likeness (QED) is 0.387. The maximum atomic E-state index is 11.4. The molecule has 1 rings (SSSR count). The average Bonchev–Trinajstić information content (AvgIpc) is 2.51. The second kappa shape index (κ2) is 11.8. The number of aliphatic hydroxyl groups excluding tert-OH is 1. The number of allylic oxidation sites excluding steroid dienone is 1. The molecule has 0 aliphatic heterocycles. The molecule has 0 aromatic heterocycles. The van der Waals surface area contributed by atoms with Gasteiger partial charge in [0.05, 0.1) is 13.2 Å². The van der Waals surface area contributed by atoms with Gasteiger partial charge in [-0.3, -0.25) is 19.2 Å². The maximum Gasteiger partial charge on any atom is 0.316 e. The van der Waals surface area contributed by atoms with Crippen molar-refractivity contribution in [3.05, 3.63) is 11.8 Å². The van der Waals surface area contributed by atoms with Crippen LogP contribution in [-0.2, 0) is 28.7 Å². The van der Waals surface area contributed by atoms with Gasteiger partial charge in [0, 0.05) is 20.6 Å². The fourth-order valence-corrected chi connectivity index (χ4v) is 4.55. The van der Waals surface area contributed by atoms with Crippen LogP contribution in [0.1, 0.15) is 34.1 Å². The summed E-state index contributed by atoms with van der Waals surface area (Å²) < 4.78 is 9.68. The molecule has 160 valence electrons. The highest BCUT2D eigenvalue weighted by molar-refractivity contribution is 6.76. The van der Waals surface area contributed by atoms with Crippen LogP contribution in [0.15, 0.2) is 11.8 Å². The lowest BCUT2D eigenvalue weighted by Crippen LogP contribution is -2.33. The molecule has 1 aliphatic carbocycles. The van der Waals surface area contributed by atoms with Gasteiger partial charge in [-0.05, 0) is 32.7 Å². The summed E-state index contributed by atoms with van der Waals surface area (Å²) in [5.41, 5.74) is 0. The van der Waals surface area contributed by atoms with Crippen LogP contribution < -0.4 is 0 Å². The van der Waals surface area contributed by atoms with Crippen LogP contribution in [0.5, 0.6) is 0 Å². The van der Waals surface area contributed by atoms with E-state index in [9.17, 15) is 24.3 Å². The number of ether oxygens (including phenoxy) is 2. The Labute approximate surface area is 168 Å². The van der Waals surface area contributed by atoms with E-state index in [1.165, 1.54) is 6.92 Å². The smallest absolute Gasteiger partial charge is 0.316 e. The van der Waals surface area contributed by atoms with E-state index in [1.54, 1.807) is 20.8 Å². The standard InChI is InChI=1S/C10H14O4.C10H20O3Si/c1-3-14-10(13)9-6(2)4-7(11)5-8(9)12;1-6-13-10(12)9(8(2)11)7-14(3,4)5/h5-6,9,12H,3-4H2,1-2H3;9H,6-7H2,1-5H3. The van der Waals surface area contributed by atoms with Crippen LogP contribution >= 0.6 is 0 Å². The van der Waals surface area contributed by atoms with Crippen molar-refractivity contribution in [2.45, 2.75) is 59.8 Å². The number of carbonyl (C=O) groups excluding carboxylic acids is 4. The summed E-state index contributed by atoms with van der Waals surface area (Å²) in [6.07, 6.45) is 1.40. The zero-order valence-corrected chi connectivity index (χ0v) is 19.0. The minimum atomic E-state index is -1.40. The zero-order valence-electron chi connectivity index (χ0n) is 18.0. The Balaban J connectivity index is 0.000000521. The first-order valence-corrected chi connectivity index (χ1v) is 13.3. The topological polar surface area (TPSA) is 107 Å². The van der Waals surface area contributed by atoms with Crippen LogP contribution in [0.2, 0.25) is 25.7 Å². The second-order valence-corrected chi connectivity index (χ2v) is 13.7. The predicted molar refractivity (Wildman–Crippen MR) is 109 cm³/mol. The molecule has 0 bridgehead atoms. The van der Waals surface area contributed by atoms with Crippen LogP contribution in [0, 0.1) is 17.8 Å². The fraction of sp³-hybridized carbons (Fsp3) is 0.700. The first kappa shape index (κ1) is 26.0. The molecule has 0 heterocycles. The van der Waals surface area contributed by atoms with E-state index < -0.39 is 25.9 Å². The SMILES string of the molecule is CCOC(=O)C(C[Si](C)(C)C)C(C)=O.CCOC(=O)C1C(O)=CC(=O)CC1C. The van der Waals surface area contributed by atoms with Crippen molar-refractivity contribution >= 4 is 31.6 Å². The van der Waals surface area contributed by atoms with Crippen LogP contribution in [0.25, 0.3) is 0 Å². The molecule has 7 nitrogen and oxygen atoms in total. The van der Waals surface area contributed by atoms with Crippen molar-refractivity contribution in [1.29, 1.82) is 0 Å². The molecule has 0 saturated heterocycles. The summed E-state index contributed by atoms with van der Waals surface area (Å²) in [5.74, 6) is -2.61. The number of esters is 2. The number of hydrogen-bond donors (Lipinski definition) is 1. The van der Waals surface area contributed by atoms with Gasteiger partial charge in [0.25, 0.3) is 0 Å². The molecule has 0 radical (unpaired) electrons. The number of Topliss-reactive ketones (excluding diaryl/α,β-unsaturated/α-hetero) is 1. The molecular formula is C20H34O7Si. The Kier molecular flexibility index (Phi) is 11.0. The van der Waals surface area contributed by atoms with E-state index in [1.807, 2.05) is 0 Å². The Morgan fingerprint density at radius 3 is 2.11 bits per heavy atom. The van der Waals surface area contributed by atoms with E-state index in [2.05, 4.69) is 19.6 Å². The lowest BCUT2D eigenvalue weighted by Gasteiger charge is -2.24. The van der Waals surface area contributed by atoms with Crippen molar-refractivity contribution in [1.82, 2.24) is 0 Å². The number of carbonyl (C=O) groups is 4. The average molecular weight is 415 g/mol. The van der Waals surface area contributed by atoms with Gasteiger partial charge >= 0.3 is 11.9 Å². The number of ketones is 2. The highest BCUT2D eigenvalue weighted by Crippen LogP contribution is 2.28. The van der Waals surface area contributed by atoms with Crippen LogP contribution in [0.3, 0.4) is 0 Å². The third kappa shape index (κ3) is 9.30. The molecule has 0 fully saturated rings. The highest BCUT2D eigenvalue weighted by Gasteiger charge is 2.35. The summed E-state index contributed by atoms with van der Waals surface area (Å²) in [4.78, 5) is 45.1. The van der Waals surface area contributed by atoms with Gasteiger partial charge in [-0.1, -0.05) is 26.6 Å². The van der Waals surface area contributed by atoms with Gasteiger partial charge in [0.1, 0.15) is 23.4 Å². The molecule has 1 N–H and O–H groups in total. The third-order valence-corrected chi connectivity index (χ3v) is 5.77. The summed E-state index contributed by atoms with van der Waals surface area (Å²) in [5, 5.41) is 9.45. The monoisotopic (exact) mass is 414 g/mol. The zero-order chi connectivity index (χ0) is 22.1. The molecule has 1 aliphatic rings.